The van der Waals surface area contributed by atoms with Crippen molar-refractivity contribution < 1.29 is 9.53 Å². The van der Waals surface area contributed by atoms with Crippen molar-refractivity contribution in [3.8, 4) is 5.75 Å². The summed E-state index contributed by atoms with van der Waals surface area (Å²) in [6.07, 6.45) is 0. The minimum atomic E-state index is -0.379. The molecule has 4 heteroatoms. The van der Waals surface area contributed by atoms with Crippen molar-refractivity contribution in [2.24, 2.45) is 5.73 Å². The van der Waals surface area contributed by atoms with E-state index in [4.69, 9.17) is 15.9 Å². The number of rotatable bonds is 3. The highest BCUT2D eigenvalue weighted by Gasteiger charge is 2.24. The Bertz CT molecular complexity index is 986. The van der Waals surface area contributed by atoms with Gasteiger partial charge in [0, 0.05) is 11.1 Å². The molecule has 0 spiro atoms. The molecule has 0 saturated carbocycles. The minimum Gasteiger partial charge on any atom is -0.423 e. The number of nitrogens with two attached hydrogens (primary N) is 1. The molecule has 3 rings (SSSR count). The Balaban J connectivity index is 2.12. The van der Waals surface area contributed by atoms with Gasteiger partial charge in [-0.15, -0.1) is 0 Å². The van der Waals surface area contributed by atoms with Gasteiger partial charge >= 0.3 is 5.97 Å². The molecule has 0 aliphatic rings. The van der Waals surface area contributed by atoms with Crippen LogP contribution >= 0.6 is 0 Å². The van der Waals surface area contributed by atoms with Crippen molar-refractivity contribution in [1.29, 1.82) is 5.41 Å². The molecular formula is C22H22N2O2. The van der Waals surface area contributed by atoms with Gasteiger partial charge in [0.15, 0.2) is 0 Å². The van der Waals surface area contributed by atoms with E-state index in [0.717, 1.165) is 16.3 Å². The van der Waals surface area contributed by atoms with Crippen LogP contribution in [0.2, 0.25) is 0 Å². The van der Waals surface area contributed by atoms with E-state index in [2.05, 4.69) is 20.8 Å². The zero-order valence-corrected chi connectivity index (χ0v) is 15.2. The lowest BCUT2D eigenvalue weighted by Crippen LogP contribution is -2.17. The van der Waals surface area contributed by atoms with Gasteiger partial charge in [0.05, 0.1) is 5.56 Å². The van der Waals surface area contributed by atoms with Crippen molar-refractivity contribution in [2.45, 2.75) is 26.2 Å². The molecule has 0 atom stereocenters. The van der Waals surface area contributed by atoms with Gasteiger partial charge < -0.3 is 10.5 Å². The molecule has 0 saturated heterocycles. The van der Waals surface area contributed by atoms with Crippen LogP contribution in [0, 0.1) is 5.41 Å². The zero-order valence-electron chi connectivity index (χ0n) is 15.2. The highest BCUT2D eigenvalue weighted by molar-refractivity contribution is 6.00. The van der Waals surface area contributed by atoms with Crippen LogP contribution < -0.4 is 10.5 Å². The van der Waals surface area contributed by atoms with Crippen molar-refractivity contribution >= 4 is 22.6 Å². The van der Waals surface area contributed by atoms with Crippen molar-refractivity contribution in [1.82, 2.24) is 0 Å². The number of ether oxygens (including phenoxy) is 1. The van der Waals surface area contributed by atoms with E-state index in [1.807, 2.05) is 48.5 Å². The molecule has 0 radical (unpaired) electrons. The number of carbonyl (C=O) groups excluding carboxylic acids is 1. The summed E-state index contributed by atoms with van der Waals surface area (Å²) in [5.41, 5.74) is 7.51. The number of fused-ring (bicyclic) bond motifs is 1. The molecule has 3 aromatic carbocycles. The van der Waals surface area contributed by atoms with E-state index in [1.54, 1.807) is 12.1 Å². The van der Waals surface area contributed by atoms with Gasteiger partial charge in [0.2, 0.25) is 0 Å². The lowest BCUT2D eigenvalue weighted by Gasteiger charge is -2.24. The molecule has 0 aliphatic heterocycles. The first-order valence-corrected chi connectivity index (χ1v) is 8.46. The second kappa shape index (κ2) is 6.64. The zero-order chi connectivity index (χ0) is 18.9. The minimum absolute atomic E-state index is 0.0313. The Kier molecular flexibility index (Phi) is 4.51. The lowest BCUT2D eigenvalue weighted by atomic mass is 9.82. The van der Waals surface area contributed by atoms with E-state index < -0.39 is 0 Å². The van der Waals surface area contributed by atoms with Crippen LogP contribution in [0.15, 0.2) is 60.7 Å². The molecule has 0 bridgehead atoms. The molecule has 26 heavy (non-hydrogen) atoms. The summed E-state index contributed by atoms with van der Waals surface area (Å²) < 4.78 is 5.74. The molecular weight excluding hydrogens is 324 g/mol. The first-order valence-electron chi connectivity index (χ1n) is 8.46. The number of hydrogen-bond acceptors (Lipinski definition) is 3. The molecule has 0 aromatic heterocycles. The third-order valence-electron chi connectivity index (χ3n) is 4.25. The van der Waals surface area contributed by atoms with Gasteiger partial charge in [-0.25, -0.2) is 4.79 Å². The second-order valence-electron chi connectivity index (χ2n) is 7.29. The van der Waals surface area contributed by atoms with Crippen LogP contribution in [0.5, 0.6) is 5.75 Å². The van der Waals surface area contributed by atoms with E-state index in [0.29, 0.717) is 16.9 Å². The quantitative estimate of drug-likeness (QED) is 0.314. The molecule has 3 aromatic rings. The maximum Gasteiger partial charge on any atom is 0.343 e. The van der Waals surface area contributed by atoms with Gasteiger partial charge in [0.25, 0.3) is 0 Å². The topological polar surface area (TPSA) is 76.2 Å². The maximum atomic E-state index is 12.5. The van der Waals surface area contributed by atoms with E-state index in [9.17, 15) is 4.79 Å². The Hall–Kier alpha value is -3.14. The number of hydrogen-bond donors (Lipinski definition) is 2. The number of amidine groups is 1. The SMILES string of the molecule is CC(C)(C)c1c(OC(=O)c2ccccc2)ccc2cc(C(=N)N)ccc12. The Morgan fingerprint density at radius 3 is 2.27 bits per heavy atom. The fourth-order valence-corrected chi connectivity index (χ4v) is 3.07. The van der Waals surface area contributed by atoms with Crippen LogP contribution in [0.1, 0.15) is 42.3 Å². The lowest BCUT2D eigenvalue weighted by molar-refractivity contribution is 0.0732. The fraction of sp³-hybridized carbons (Fsp3) is 0.182. The van der Waals surface area contributed by atoms with Crippen LogP contribution in [-0.4, -0.2) is 11.8 Å². The first-order chi connectivity index (χ1) is 12.3. The summed E-state index contributed by atoms with van der Waals surface area (Å²) in [4.78, 5) is 12.5. The summed E-state index contributed by atoms with van der Waals surface area (Å²) >= 11 is 0. The largest absolute Gasteiger partial charge is 0.423 e. The van der Waals surface area contributed by atoms with E-state index >= 15 is 0 Å². The van der Waals surface area contributed by atoms with Gasteiger partial charge in [-0.3, -0.25) is 5.41 Å². The van der Waals surface area contributed by atoms with Gasteiger partial charge in [-0.2, -0.15) is 0 Å². The Morgan fingerprint density at radius 1 is 0.962 bits per heavy atom. The average Bonchev–Trinajstić information content (AvgIpc) is 2.60. The number of nitrogen functional groups attached to an aromatic ring is 1. The highest BCUT2D eigenvalue weighted by atomic mass is 16.5. The molecule has 4 nitrogen and oxygen atoms in total. The monoisotopic (exact) mass is 346 g/mol. The summed E-state index contributed by atoms with van der Waals surface area (Å²) in [5.74, 6) is 0.203. The summed E-state index contributed by atoms with van der Waals surface area (Å²) in [6.45, 7) is 6.25. The molecule has 0 aliphatic carbocycles. The summed E-state index contributed by atoms with van der Waals surface area (Å²) in [7, 11) is 0. The summed E-state index contributed by atoms with van der Waals surface area (Å²) in [6, 6.07) is 18.3. The molecule has 0 fully saturated rings. The predicted molar refractivity (Wildman–Crippen MR) is 105 cm³/mol. The van der Waals surface area contributed by atoms with Gasteiger partial charge in [-0.05, 0) is 40.5 Å². The van der Waals surface area contributed by atoms with Crippen LogP contribution in [0.3, 0.4) is 0 Å². The third kappa shape index (κ3) is 3.45. The first kappa shape index (κ1) is 17.7. The standard InChI is InChI=1S/C22H22N2O2/c1-22(2,3)19-17-11-9-16(20(23)24)13-15(17)10-12-18(19)26-21(25)14-7-5-4-6-8-14/h4-13H,1-3H3,(H3,23,24). The number of carbonyl (C=O) groups is 1. The number of esters is 1. The van der Waals surface area contributed by atoms with E-state index in [1.165, 1.54) is 0 Å². The third-order valence-corrected chi connectivity index (χ3v) is 4.25. The van der Waals surface area contributed by atoms with E-state index in [-0.39, 0.29) is 17.2 Å². The molecule has 3 N–H and O–H groups in total. The Morgan fingerprint density at radius 2 is 1.65 bits per heavy atom. The highest BCUT2D eigenvalue weighted by Crippen LogP contribution is 2.38. The van der Waals surface area contributed by atoms with Crippen LogP contribution in [0.25, 0.3) is 10.8 Å². The average molecular weight is 346 g/mol. The Labute approximate surface area is 153 Å². The normalized spacial score (nSPS) is 11.3. The molecule has 0 amide bonds. The van der Waals surface area contributed by atoms with Gasteiger partial charge in [-0.1, -0.05) is 57.2 Å². The molecule has 0 heterocycles. The number of benzene rings is 3. The molecule has 0 unspecified atom stereocenters. The second-order valence-corrected chi connectivity index (χ2v) is 7.29. The fourth-order valence-electron chi connectivity index (χ4n) is 3.07. The predicted octanol–water partition coefficient (Wildman–Crippen LogP) is 4.64. The van der Waals surface area contributed by atoms with Crippen molar-refractivity contribution in [2.75, 3.05) is 0 Å². The van der Waals surface area contributed by atoms with Gasteiger partial charge in [0.1, 0.15) is 11.6 Å². The summed E-state index contributed by atoms with van der Waals surface area (Å²) in [5, 5.41) is 9.57. The maximum absolute atomic E-state index is 12.5. The number of nitrogens with one attached hydrogen (secondary N) is 1. The smallest absolute Gasteiger partial charge is 0.343 e. The molecule has 132 valence electrons. The van der Waals surface area contributed by atoms with Crippen molar-refractivity contribution in [3.63, 3.8) is 0 Å². The van der Waals surface area contributed by atoms with Crippen LogP contribution in [0.4, 0.5) is 0 Å². The van der Waals surface area contributed by atoms with Crippen LogP contribution in [-0.2, 0) is 5.41 Å². The van der Waals surface area contributed by atoms with Crippen molar-refractivity contribution in [3.05, 3.63) is 77.4 Å².